The van der Waals surface area contributed by atoms with Gasteiger partial charge < -0.3 is 21.1 Å². The molecule has 0 aromatic carbocycles. The molecule has 0 aromatic rings. The van der Waals surface area contributed by atoms with Gasteiger partial charge in [-0.1, -0.05) is 12.8 Å². The summed E-state index contributed by atoms with van der Waals surface area (Å²) in [5, 5.41) is 6.45. The molecule has 2 heterocycles. The number of nitrogens with one attached hydrogen (secondary N) is 2. The van der Waals surface area contributed by atoms with Gasteiger partial charge in [-0.2, -0.15) is 0 Å². The lowest BCUT2D eigenvalue weighted by molar-refractivity contribution is -0.138. The van der Waals surface area contributed by atoms with Crippen LogP contribution in [-0.2, 0) is 14.3 Å². The standard InChI is InChI=1S/C16H27N3O3/c17-13(20)15(5-7-22-8-6-15)10-19-14(21)16-4-2-1-3-12(16)9-18-11-16/h12,18H,1-11H2,(H2,17,20)(H,19,21)/t12-,16+/m0/s1. The van der Waals surface area contributed by atoms with Crippen LogP contribution in [0.4, 0.5) is 0 Å². The Morgan fingerprint density at radius 1 is 1.23 bits per heavy atom. The average molecular weight is 309 g/mol. The molecule has 1 aliphatic carbocycles. The van der Waals surface area contributed by atoms with Crippen LogP contribution in [0.2, 0.25) is 0 Å². The van der Waals surface area contributed by atoms with Crippen molar-refractivity contribution in [1.29, 1.82) is 0 Å². The van der Waals surface area contributed by atoms with E-state index in [-0.39, 0.29) is 17.2 Å². The Hall–Kier alpha value is -1.14. The fraction of sp³-hybridized carbons (Fsp3) is 0.875. The number of carbonyl (C=O) groups is 2. The van der Waals surface area contributed by atoms with Gasteiger partial charge >= 0.3 is 0 Å². The van der Waals surface area contributed by atoms with Gasteiger partial charge in [-0.3, -0.25) is 9.59 Å². The van der Waals surface area contributed by atoms with Crippen molar-refractivity contribution in [3.63, 3.8) is 0 Å². The van der Waals surface area contributed by atoms with E-state index in [0.717, 1.165) is 32.4 Å². The van der Waals surface area contributed by atoms with Crippen molar-refractivity contribution < 1.29 is 14.3 Å². The molecule has 6 nitrogen and oxygen atoms in total. The van der Waals surface area contributed by atoms with Gasteiger partial charge in [-0.15, -0.1) is 0 Å². The van der Waals surface area contributed by atoms with E-state index in [1.807, 2.05) is 0 Å². The van der Waals surface area contributed by atoms with Crippen LogP contribution in [0.1, 0.15) is 38.5 Å². The van der Waals surface area contributed by atoms with E-state index >= 15 is 0 Å². The van der Waals surface area contributed by atoms with Crippen LogP contribution in [0.15, 0.2) is 0 Å². The van der Waals surface area contributed by atoms with Crippen LogP contribution in [0.25, 0.3) is 0 Å². The first-order valence-electron chi connectivity index (χ1n) is 8.46. The Morgan fingerprint density at radius 2 is 2.00 bits per heavy atom. The summed E-state index contributed by atoms with van der Waals surface area (Å²) >= 11 is 0. The maximum atomic E-state index is 12.9. The number of hydrogen-bond donors (Lipinski definition) is 3. The maximum Gasteiger partial charge on any atom is 0.227 e. The molecule has 3 aliphatic rings. The molecule has 22 heavy (non-hydrogen) atoms. The molecule has 2 atom stereocenters. The summed E-state index contributed by atoms with van der Waals surface area (Å²) in [7, 11) is 0. The number of rotatable bonds is 4. The van der Waals surface area contributed by atoms with Crippen molar-refractivity contribution in [1.82, 2.24) is 10.6 Å². The molecule has 0 radical (unpaired) electrons. The summed E-state index contributed by atoms with van der Waals surface area (Å²) in [6, 6.07) is 0. The smallest absolute Gasteiger partial charge is 0.227 e. The third-order valence-electron chi connectivity index (χ3n) is 6.05. The molecule has 2 saturated heterocycles. The molecule has 124 valence electrons. The third kappa shape index (κ3) is 2.63. The van der Waals surface area contributed by atoms with Crippen molar-refractivity contribution in [3.05, 3.63) is 0 Å². The van der Waals surface area contributed by atoms with Crippen molar-refractivity contribution >= 4 is 11.8 Å². The molecule has 2 amide bonds. The monoisotopic (exact) mass is 309 g/mol. The second kappa shape index (κ2) is 6.16. The predicted octanol–water partition coefficient (Wildman–Crippen LogP) is 0.165. The number of ether oxygens (including phenoxy) is 1. The lowest BCUT2D eigenvalue weighted by Gasteiger charge is -2.39. The summed E-state index contributed by atoms with van der Waals surface area (Å²) in [5.41, 5.74) is 4.70. The summed E-state index contributed by atoms with van der Waals surface area (Å²) in [4.78, 5) is 24.8. The van der Waals surface area contributed by atoms with E-state index in [1.54, 1.807) is 0 Å². The summed E-state index contributed by atoms with van der Waals surface area (Å²) in [6.45, 7) is 3.11. The highest BCUT2D eigenvalue weighted by Gasteiger charge is 2.50. The largest absolute Gasteiger partial charge is 0.381 e. The predicted molar refractivity (Wildman–Crippen MR) is 82.0 cm³/mol. The maximum absolute atomic E-state index is 12.9. The first-order valence-corrected chi connectivity index (χ1v) is 8.46. The molecule has 0 aromatic heterocycles. The van der Waals surface area contributed by atoms with Gasteiger partial charge in [0.1, 0.15) is 0 Å². The number of hydrogen-bond acceptors (Lipinski definition) is 4. The van der Waals surface area contributed by atoms with E-state index in [4.69, 9.17) is 10.5 Å². The summed E-state index contributed by atoms with van der Waals surface area (Å²) in [6.07, 6.45) is 5.58. The molecular formula is C16H27N3O3. The molecule has 0 unspecified atom stereocenters. The SMILES string of the molecule is NC(=O)C1(CNC(=O)[C@@]23CCCC[C@H]2CNC3)CCOCC1. The number of carbonyl (C=O) groups excluding carboxylic acids is 2. The number of amides is 2. The number of fused-ring (bicyclic) bond motifs is 1. The van der Waals surface area contributed by atoms with Gasteiger partial charge in [0.25, 0.3) is 0 Å². The van der Waals surface area contributed by atoms with Gasteiger partial charge in [-0.25, -0.2) is 0 Å². The van der Waals surface area contributed by atoms with Crippen LogP contribution < -0.4 is 16.4 Å². The van der Waals surface area contributed by atoms with Crippen LogP contribution in [0.3, 0.4) is 0 Å². The first-order chi connectivity index (χ1) is 10.6. The van der Waals surface area contributed by atoms with Gasteiger partial charge in [0.05, 0.1) is 10.8 Å². The van der Waals surface area contributed by atoms with Gasteiger partial charge in [0, 0.05) is 26.3 Å². The normalized spacial score (nSPS) is 33.9. The van der Waals surface area contributed by atoms with E-state index in [9.17, 15) is 9.59 Å². The quantitative estimate of drug-likeness (QED) is 0.690. The molecule has 4 N–H and O–H groups in total. The second-order valence-electron chi connectivity index (χ2n) is 7.17. The Morgan fingerprint density at radius 3 is 2.73 bits per heavy atom. The van der Waals surface area contributed by atoms with E-state index in [1.165, 1.54) is 6.42 Å². The highest BCUT2D eigenvalue weighted by atomic mass is 16.5. The lowest BCUT2D eigenvalue weighted by atomic mass is 9.67. The molecule has 3 rings (SSSR count). The van der Waals surface area contributed by atoms with Crippen molar-refractivity contribution in [3.8, 4) is 0 Å². The van der Waals surface area contributed by atoms with Crippen LogP contribution in [0.5, 0.6) is 0 Å². The van der Waals surface area contributed by atoms with E-state index in [0.29, 0.717) is 38.5 Å². The second-order valence-corrected chi connectivity index (χ2v) is 7.17. The molecule has 2 aliphatic heterocycles. The molecule has 0 bridgehead atoms. The molecule has 6 heteroatoms. The van der Waals surface area contributed by atoms with E-state index < -0.39 is 5.41 Å². The molecular weight excluding hydrogens is 282 g/mol. The summed E-state index contributed by atoms with van der Waals surface area (Å²) < 4.78 is 5.34. The lowest BCUT2D eigenvalue weighted by Crippen LogP contribution is -2.54. The Labute approximate surface area is 131 Å². The van der Waals surface area contributed by atoms with Crippen molar-refractivity contribution in [2.24, 2.45) is 22.5 Å². The Bertz CT molecular complexity index is 448. The minimum atomic E-state index is -0.638. The molecule has 1 saturated carbocycles. The first kappa shape index (κ1) is 15.7. The minimum absolute atomic E-state index is 0.106. The zero-order chi connectivity index (χ0) is 15.6. The van der Waals surface area contributed by atoms with Crippen molar-refractivity contribution in [2.45, 2.75) is 38.5 Å². The molecule has 0 spiro atoms. The van der Waals surface area contributed by atoms with E-state index in [2.05, 4.69) is 10.6 Å². The van der Waals surface area contributed by atoms with Crippen LogP contribution in [-0.4, -0.2) is 44.7 Å². The van der Waals surface area contributed by atoms with Gasteiger partial charge in [0.2, 0.25) is 11.8 Å². The summed E-state index contributed by atoms with van der Waals surface area (Å²) in [5.74, 6) is 0.216. The Kier molecular flexibility index (Phi) is 4.41. The van der Waals surface area contributed by atoms with Gasteiger partial charge in [0.15, 0.2) is 0 Å². The fourth-order valence-electron chi connectivity index (χ4n) is 4.39. The fourth-order valence-corrected chi connectivity index (χ4v) is 4.39. The zero-order valence-corrected chi connectivity index (χ0v) is 13.2. The highest BCUT2D eigenvalue weighted by molar-refractivity contribution is 5.86. The number of primary amides is 1. The van der Waals surface area contributed by atoms with Crippen LogP contribution in [0, 0.1) is 16.7 Å². The van der Waals surface area contributed by atoms with Crippen molar-refractivity contribution in [2.75, 3.05) is 32.8 Å². The zero-order valence-electron chi connectivity index (χ0n) is 13.2. The van der Waals surface area contributed by atoms with Crippen LogP contribution >= 0.6 is 0 Å². The minimum Gasteiger partial charge on any atom is -0.381 e. The topological polar surface area (TPSA) is 93.5 Å². The Balaban J connectivity index is 1.67. The highest BCUT2D eigenvalue weighted by Crippen LogP contribution is 2.44. The van der Waals surface area contributed by atoms with Gasteiger partial charge in [-0.05, 0) is 38.1 Å². The molecule has 3 fully saturated rings. The average Bonchev–Trinajstić information content (AvgIpc) is 2.98. The number of nitrogens with two attached hydrogens (primary N) is 1. The third-order valence-corrected chi connectivity index (χ3v) is 6.05.